The molecule has 0 bridgehead atoms. The third kappa shape index (κ3) is 6.01. The Morgan fingerprint density at radius 1 is 1.03 bits per heavy atom. The topological polar surface area (TPSA) is 113 Å². The third-order valence-corrected chi connectivity index (χ3v) is 5.57. The molecular weight excluding hydrogens is 479 g/mol. The van der Waals surface area contributed by atoms with Crippen molar-refractivity contribution < 1.29 is 32.3 Å². The maximum Gasteiger partial charge on any atom is 0.490 e. The van der Waals surface area contributed by atoms with E-state index in [1.165, 1.54) is 12.5 Å². The number of carboxylic acids is 1. The molecule has 0 radical (unpaired) electrons. The molecule has 1 aromatic carbocycles. The van der Waals surface area contributed by atoms with Gasteiger partial charge in [-0.2, -0.15) is 18.3 Å². The highest BCUT2D eigenvalue weighted by molar-refractivity contribution is 5.93. The minimum atomic E-state index is -5.08. The number of nitrogens with zero attached hydrogens (tertiary/aromatic N) is 4. The van der Waals surface area contributed by atoms with E-state index in [1.807, 2.05) is 58.1 Å². The van der Waals surface area contributed by atoms with E-state index in [2.05, 4.69) is 5.32 Å². The number of alkyl halides is 3. The van der Waals surface area contributed by atoms with Gasteiger partial charge in [-0.05, 0) is 43.2 Å². The number of amides is 1. The van der Waals surface area contributed by atoms with Crippen LogP contribution in [0.25, 0.3) is 5.65 Å². The van der Waals surface area contributed by atoms with Gasteiger partial charge < -0.3 is 19.7 Å². The van der Waals surface area contributed by atoms with Gasteiger partial charge in [0, 0.05) is 24.7 Å². The minimum absolute atomic E-state index is 0.0248. The molecule has 188 valence electrons. The molecule has 1 aliphatic rings. The number of carboxylic acid groups (broad SMARTS) is 1. The predicted molar refractivity (Wildman–Crippen MR) is 123 cm³/mol. The predicted octanol–water partition coefficient (Wildman–Crippen LogP) is 4.72. The number of piperidine rings is 1. The standard InChI is InChI=1S/C22H21N5O2.C2HF3O2/c28-22(17-10-13-29-15-17)26-11-8-16(9-12-26)21-24-20-7-6-19(14-27(20)25-21)23-18-4-2-1-3-5-18;3-2(4,5)1(6)7/h1-7,10,13-16,23H,8-9,11-12H2;(H,6,7). The number of para-hydroxylation sites is 1. The summed E-state index contributed by atoms with van der Waals surface area (Å²) >= 11 is 0. The highest BCUT2D eigenvalue weighted by Crippen LogP contribution is 2.27. The molecule has 0 atom stereocenters. The van der Waals surface area contributed by atoms with Crippen LogP contribution in [0.2, 0.25) is 0 Å². The van der Waals surface area contributed by atoms with Crippen molar-refractivity contribution in [3.63, 3.8) is 0 Å². The van der Waals surface area contributed by atoms with Crippen molar-refractivity contribution in [3.8, 4) is 0 Å². The van der Waals surface area contributed by atoms with E-state index in [-0.39, 0.29) is 11.8 Å². The number of pyridine rings is 1. The third-order valence-electron chi connectivity index (χ3n) is 5.57. The maximum atomic E-state index is 12.5. The lowest BCUT2D eigenvalue weighted by molar-refractivity contribution is -0.192. The van der Waals surface area contributed by atoms with Crippen LogP contribution in [-0.4, -0.2) is 55.7 Å². The van der Waals surface area contributed by atoms with Gasteiger partial charge in [-0.1, -0.05) is 18.2 Å². The molecule has 2 N–H and O–H groups in total. The fraction of sp³-hybridized carbons (Fsp3) is 0.250. The number of furan rings is 1. The average molecular weight is 501 g/mol. The van der Waals surface area contributed by atoms with E-state index in [1.54, 1.807) is 6.07 Å². The number of nitrogens with one attached hydrogen (secondary N) is 1. The van der Waals surface area contributed by atoms with Gasteiger partial charge in [-0.3, -0.25) is 4.79 Å². The average Bonchev–Trinajstić information content (AvgIpc) is 3.54. The Balaban J connectivity index is 0.000000384. The number of rotatable bonds is 4. The molecule has 0 spiro atoms. The largest absolute Gasteiger partial charge is 0.490 e. The van der Waals surface area contributed by atoms with E-state index in [0.29, 0.717) is 18.7 Å². The molecule has 12 heteroatoms. The first-order valence-electron chi connectivity index (χ1n) is 11.0. The van der Waals surface area contributed by atoms with Gasteiger partial charge in [0.1, 0.15) is 6.26 Å². The van der Waals surface area contributed by atoms with Crippen molar-refractivity contribution in [3.05, 3.63) is 78.6 Å². The second kappa shape index (κ2) is 10.5. The van der Waals surface area contributed by atoms with Crippen LogP contribution in [0.15, 0.2) is 71.7 Å². The molecular formula is C24H22F3N5O4. The van der Waals surface area contributed by atoms with Gasteiger partial charge in [0.25, 0.3) is 5.91 Å². The number of fused-ring (bicyclic) bond motifs is 1. The number of likely N-dealkylation sites (tertiary alicyclic amines) is 1. The highest BCUT2D eigenvalue weighted by atomic mass is 19.4. The zero-order valence-electron chi connectivity index (χ0n) is 18.9. The lowest BCUT2D eigenvalue weighted by Crippen LogP contribution is -2.37. The molecule has 0 unspecified atom stereocenters. The number of carbonyl (C=O) groups excluding carboxylic acids is 1. The molecule has 1 amide bonds. The Hall–Kier alpha value is -4.35. The van der Waals surface area contributed by atoms with Crippen LogP contribution in [0, 0.1) is 0 Å². The molecule has 1 fully saturated rings. The van der Waals surface area contributed by atoms with Gasteiger partial charge in [-0.15, -0.1) is 0 Å². The van der Waals surface area contributed by atoms with Crippen LogP contribution in [-0.2, 0) is 4.79 Å². The van der Waals surface area contributed by atoms with E-state index in [9.17, 15) is 18.0 Å². The van der Waals surface area contributed by atoms with Gasteiger partial charge in [0.2, 0.25) is 0 Å². The molecule has 4 aromatic rings. The van der Waals surface area contributed by atoms with Crippen molar-refractivity contribution in [2.24, 2.45) is 0 Å². The summed E-state index contributed by atoms with van der Waals surface area (Å²) in [5, 5.41) is 15.2. The van der Waals surface area contributed by atoms with Crippen molar-refractivity contribution >= 4 is 28.9 Å². The molecule has 36 heavy (non-hydrogen) atoms. The Morgan fingerprint density at radius 3 is 2.33 bits per heavy atom. The number of anilines is 2. The monoisotopic (exact) mass is 501 g/mol. The van der Waals surface area contributed by atoms with E-state index < -0.39 is 12.1 Å². The van der Waals surface area contributed by atoms with Gasteiger partial charge >= 0.3 is 12.1 Å². The molecule has 9 nitrogen and oxygen atoms in total. The summed E-state index contributed by atoms with van der Waals surface area (Å²) in [5.74, 6) is -1.63. The van der Waals surface area contributed by atoms with Crippen molar-refractivity contribution in [2.75, 3.05) is 18.4 Å². The zero-order valence-corrected chi connectivity index (χ0v) is 18.9. The van der Waals surface area contributed by atoms with E-state index >= 15 is 0 Å². The van der Waals surface area contributed by atoms with Crippen LogP contribution < -0.4 is 5.32 Å². The summed E-state index contributed by atoms with van der Waals surface area (Å²) in [6.07, 6.45) is 1.61. The maximum absolute atomic E-state index is 12.5. The Labute approximate surface area is 203 Å². The molecule has 1 aliphatic heterocycles. The Kier molecular flexibility index (Phi) is 7.23. The summed E-state index contributed by atoms with van der Waals surface area (Å²) in [7, 11) is 0. The van der Waals surface area contributed by atoms with Gasteiger partial charge in [0.05, 0.1) is 23.7 Å². The first-order valence-corrected chi connectivity index (χ1v) is 11.0. The summed E-state index contributed by atoms with van der Waals surface area (Å²) in [6, 6.07) is 15.7. The van der Waals surface area contributed by atoms with Crippen molar-refractivity contribution in [2.45, 2.75) is 24.9 Å². The zero-order chi connectivity index (χ0) is 25.7. The minimum Gasteiger partial charge on any atom is -0.475 e. The Morgan fingerprint density at radius 2 is 1.72 bits per heavy atom. The lowest BCUT2D eigenvalue weighted by Gasteiger charge is -2.30. The second-order valence-corrected chi connectivity index (χ2v) is 8.06. The number of halogens is 3. The SMILES string of the molecule is O=C(O)C(F)(F)F.O=C(c1ccoc1)N1CCC(c2nc3ccc(Nc4ccccc4)cn3n2)CC1. The second-order valence-electron chi connectivity index (χ2n) is 8.06. The smallest absolute Gasteiger partial charge is 0.475 e. The van der Waals surface area contributed by atoms with Crippen molar-refractivity contribution in [1.82, 2.24) is 19.5 Å². The quantitative estimate of drug-likeness (QED) is 0.416. The molecule has 3 aromatic heterocycles. The van der Waals surface area contributed by atoms with Crippen molar-refractivity contribution in [1.29, 1.82) is 0 Å². The molecule has 4 heterocycles. The van der Waals surface area contributed by atoms with Gasteiger partial charge in [-0.25, -0.2) is 14.3 Å². The summed E-state index contributed by atoms with van der Waals surface area (Å²) in [4.78, 5) is 27.9. The fourth-order valence-electron chi connectivity index (χ4n) is 3.74. The number of benzene rings is 1. The van der Waals surface area contributed by atoms with Gasteiger partial charge in [0.15, 0.2) is 11.5 Å². The first-order chi connectivity index (χ1) is 17.2. The number of aliphatic carboxylic acids is 1. The first kappa shape index (κ1) is 24.8. The molecule has 5 rings (SSSR count). The normalized spacial score (nSPS) is 14.2. The van der Waals surface area contributed by atoms with Crippen LogP contribution in [0.5, 0.6) is 0 Å². The number of hydrogen-bond donors (Lipinski definition) is 2. The van der Waals surface area contributed by atoms with Crippen LogP contribution >= 0.6 is 0 Å². The van der Waals surface area contributed by atoms with Crippen LogP contribution in [0.4, 0.5) is 24.5 Å². The van der Waals surface area contributed by atoms with E-state index in [4.69, 9.17) is 24.4 Å². The summed E-state index contributed by atoms with van der Waals surface area (Å²) < 4.78 is 38.6. The summed E-state index contributed by atoms with van der Waals surface area (Å²) in [6.45, 7) is 1.40. The highest BCUT2D eigenvalue weighted by Gasteiger charge is 2.38. The number of carbonyl (C=O) groups is 2. The van der Waals surface area contributed by atoms with Crippen LogP contribution in [0.3, 0.4) is 0 Å². The molecule has 0 aliphatic carbocycles. The lowest BCUT2D eigenvalue weighted by atomic mass is 9.96. The number of aromatic nitrogens is 3. The number of hydrogen-bond acceptors (Lipinski definition) is 6. The molecule has 0 saturated carbocycles. The van der Waals surface area contributed by atoms with E-state index in [0.717, 1.165) is 35.7 Å². The van der Waals surface area contributed by atoms with Crippen LogP contribution in [0.1, 0.15) is 34.9 Å². The fourth-order valence-corrected chi connectivity index (χ4v) is 3.74. The Bertz CT molecular complexity index is 1310. The summed E-state index contributed by atoms with van der Waals surface area (Å²) in [5.41, 5.74) is 3.42. The molecule has 1 saturated heterocycles.